The molecule has 1 aromatic carbocycles. The van der Waals surface area contributed by atoms with Crippen LogP contribution in [0.3, 0.4) is 0 Å². The van der Waals surface area contributed by atoms with Gasteiger partial charge in [-0.05, 0) is 54.7 Å². The lowest BCUT2D eigenvalue weighted by Crippen LogP contribution is -2.26. The Labute approximate surface area is 125 Å². The van der Waals surface area contributed by atoms with Crippen molar-refractivity contribution in [3.05, 3.63) is 69.0 Å². The summed E-state index contributed by atoms with van der Waals surface area (Å²) >= 11 is 0. The van der Waals surface area contributed by atoms with Crippen molar-refractivity contribution >= 4 is 11.8 Å². The number of aromatic carboxylic acids is 1. The van der Waals surface area contributed by atoms with Crippen LogP contribution in [-0.4, -0.2) is 15.6 Å². The first kappa shape index (κ1) is 14.0. The Morgan fingerprint density at radius 2 is 1.95 bits per heavy atom. The smallest absolute Gasteiger partial charge is 0.343 e. The second-order valence-corrected chi connectivity index (χ2v) is 5.15. The number of halogens is 1. The molecule has 1 aliphatic rings. The molecule has 3 rings (SSSR count). The summed E-state index contributed by atoms with van der Waals surface area (Å²) in [7, 11) is 0. The Bertz CT molecular complexity index is 859. The second kappa shape index (κ2) is 5.11. The summed E-state index contributed by atoms with van der Waals surface area (Å²) in [6, 6.07) is 6.34. The fourth-order valence-electron chi connectivity index (χ4n) is 2.42. The lowest BCUT2D eigenvalue weighted by Gasteiger charge is -2.11. The summed E-state index contributed by atoms with van der Waals surface area (Å²) in [4.78, 5) is 27.1. The van der Waals surface area contributed by atoms with E-state index in [1.165, 1.54) is 30.3 Å². The zero-order valence-corrected chi connectivity index (χ0v) is 11.4. The summed E-state index contributed by atoms with van der Waals surface area (Å²) < 4.78 is 14.1. The van der Waals surface area contributed by atoms with Gasteiger partial charge in [0.2, 0.25) is 5.82 Å². The highest BCUT2D eigenvalue weighted by Gasteiger charge is 2.31. The molecule has 1 heterocycles. The van der Waals surface area contributed by atoms with E-state index in [4.69, 9.17) is 6.57 Å². The van der Waals surface area contributed by atoms with Crippen molar-refractivity contribution in [2.24, 2.45) is 0 Å². The lowest BCUT2D eigenvalue weighted by atomic mass is 10.1. The average molecular weight is 298 g/mol. The van der Waals surface area contributed by atoms with Gasteiger partial charge in [0.05, 0.1) is 0 Å². The van der Waals surface area contributed by atoms with E-state index in [1.807, 2.05) is 0 Å². The predicted octanol–water partition coefficient (Wildman–Crippen LogP) is 3.10. The highest BCUT2D eigenvalue weighted by molar-refractivity contribution is 5.88. The summed E-state index contributed by atoms with van der Waals surface area (Å²) in [6.07, 6.45) is 1.73. The third-order valence-corrected chi connectivity index (χ3v) is 3.64. The van der Waals surface area contributed by atoms with Gasteiger partial charge in [0, 0.05) is 0 Å². The number of carbonyl (C=O) groups is 1. The number of pyridine rings is 1. The molecule has 110 valence electrons. The number of aromatic nitrogens is 1. The van der Waals surface area contributed by atoms with Crippen molar-refractivity contribution < 1.29 is 14.3 Å². The zero-order chi connectivity index (χ0) is 15.9. The number of benzene rings is 1. The molecule has 0 bridgehead atoms. The van der Waals surface area contributed by atoms with Crippen LogP contribution in [0.25, 0.3) is 10.5 Å². The normalized spacial score (nSPS) is 13.6. The van der Waals surface area contributed by atoms with E-state index in [0.29, 0.717) is 5.56 Å². The Morgan fingerprint density at radius 3 is 2.45 bits per heavy atom. The van der Waals surface area contributed by atoms with E-state index in [0.717, 1.165) is 17.4 Å². The molecule has 0 saturated heterocycles. The van der Waals surface area contributed by atoms with Crippen molar-refractivity contribution in [1.29, 1.82) is 0 Å². The van der Waals surface area contributed by atoms with Gasteiger partial charge in [-0.15, -0.1) is 0 Å². The molecule has 0 amide bonds. The van der Waals surface area contributed by atoms with Crippen molar-refractivity contribution in [1.82, 2.24) is 4.57 Å². The third-order valence-electron chi connectivity index (χ3n) is 3.64. The molecule has 22 heavy (non-hydrogen) atoms. The number of hydrogen-bond donors (Lipinski definition) is 1. The Hall–Kier alpha value is -2.94. The fourth-order valence-corrected chi connectivity index (χ4v) is 2.42. The topological polar surface area (TPSA) is 63.7 Å². The monoisotopic (exact) mass is 298 g/mol. The first-order chi connectivity index (χ1) is 10.5. The molecule has 1 aromatic heterocycles. The van der Waals surface area contributed by atoms with Crippen LogP contribution in [-0.2, 0) is 0 Å². The number of rotatable bonds is 3. The Morgan fingerprint density at radius 1 is 1.32 bits per heavy atom. The molecule has 0 atom stereocenters. The van der Waals surface area contributed by atoms with Crippen molar-refractivity contribution in [3.8, 4) is 5.69 Å². The predicted molar refractivity (Wildman–Crippen MR) is 77.2 cm³/mol. The first-order valence-electron chi connectivity index (χ1n) is 6.69. The molecule has 1 fully saturated rings. The van der Waals surface area contributed by atoms with Crippen LogP contribution in [0.1, 0.15) is 34.7 Å². The van der Waals surface area contributed by atoms with E-state index in [1.54, 1.807) is 0 Å². The molecule has 0 unspecified atom stereocenters. The minimum Gasteiger partial charge on any atom is -0.477 e. The van der Waals surface area contributed by atoms with E-state index in [2.05, 4.69) is 4.85 Å². The minimum atomic E-state index is -1.33. The minimum absolute atomic E-state index is 0.101. The maximum Gasteiger partial charge on any atom is 0.343 e. The average Bonchev–Trinajstić information content (AvgIpc) is 3.32. The standard InChI is InChI=1S/C16H11FN2O3/c1-18-14-12(9-2-3-9)8-13(16(21)22)15(20)19(14)11-6-4-10(17)5-7-11/h4-9H,2-3H2,(H,21,22). The molecule has 5 nitrogen and oxygen atoms in total. The summed E-state index contributed by atoms with van der Waals surface area (Å²) in [6.45, 7) is 7.36. The highest BCUT2D eigenvalue weighted by Crippen LogP contribution is 2.44. The Kier molecular flexibility index (Phi) is 3.26. The van der Waals surface area contributed by atoms with Crippen molar-refractivity contribution in [2.45, 2.75) is 18.8 Å². The number of nitrogens with zero attached hydrogens (tertiary/aromatic N) is 2. The van der Waals surface area contributed by atoms with E-state index in [9.17, 15) is 19.1 Å². The molecule has 0 spiro atoms. The third kappa shape index (κ3) is 2.27. The summed E-state index contributed by atoms with van der Waals surface area (Å²) in [5.41, 5.74) is -0.313. The van der Waals surface area contributed by atoms with E-state index >= 15 is 0 Å². The van der Waals surface area contributed by atoms with Crippen LogP contribution in [0, 0.1) is 12.4 Å². The quantitative estimate of drug-likeness (QED) is 0.886. The molecule has 0 radical (unpaired) electrons. The fraction of sp³-hybridized carbons (Fsp3) is 0.188. The van der Waals surface area contributed by atoms with Crippen LogP contribution < -0.4 is 5.56 Å². The molecular formula is C16H11FN2O3. The Balaban J connectivity index is 2.35. The number of carboxylic acids is 1. The number of carboxylic acid groups (broad SMARTS) is 1. The molecule has 2 aromatic rings. The van der Waals surface area contributed by atoms with Gasteiger partial charge in [-0.25, -0.2) is 18.5 Å². The van der Waals surface area contributed by atoms with Gasteiger partial charge in [-0.2, -0.15) is 0 Å². The van der Waals surface area contributed by atoms with Crippen LogP contribution in [0.15, 0.2) is 35.1 Å². The number of hydrogen-bond acceptors (Lipinski definition) is 2. The molecule has 6 heteroatoms. The van der Waals surface area contributed by atoms with Gasteiger partial charge >= 0.3 is 11.5 Å². The highest BCUT2D eigenvalue weighted by atomic mass is 19.1. The van der Waals surface area contributed by atoms with Gasteiger partial charge in [0.25, 0.3) is 0 Å². The molecule has 0 aliphatic heterocycles. The zero-order valence-electron chi connectivity index (χ0n) is 11.4. The maximum atomic E-state index is 13.1. The van der Waals surface area contributed by atoms with Gasteiger partial charge in [0.15, 0.2) is 0 Å². The van der Waals surface area contributed by atoms with Gasteiger partial charge in [0.1, 0.15) is 17.1 Å². The van der Waals surface area contributed by atoms with Gasteiger partial charge in [-0.1, -0.05) is 6.57 Å². The van der Waals surface area contributed by atoms with Gasteiger partial charge in [-0.3, -0.25) is 0 Å². The van der Waals surface area contributed by atoms with Crippen LogP contribution in [0.4, 0.5) is 10.2 Å². The van der Waals surface area contributed by atoms with Crippen LogP contribution in [0.5, 0.6) is 0 Å². The second-order valence-electron chi connectivity index (χ2n) is 5.15. The molecular weight excluding hydrogens is 287 g/mol. The summed E-state index contributed by atoms with van der Waals surface area (Å²) in [5.74, 6) is -1.60. The van der Waals surface area contributed by atoms with E-state index in [-0.39, 0.29) is 23.0 Å². The van der Waals surface area contributed by atoms with Crippen LogP contribution in [0.2, 0.25) is 0 Å². The van der Waals surface area contributed by atoms with E-state index < -0.39 is 17.3 Å². The van der Waals surface area contributed by atoms with Crippen LogP contribution >= 0.6 is 0 Å². The molecule has 1 aliphatic carbocycles. The molecule has 1 saturated carbocycles. The largest absolute Gasteiger partial charge is 0.477 e. The van der Waals surface area contributed by atoms with Crippen molar-refractivity contribution in [2.75, 3.05) is 0 Å². The SMILES string of the molecule is [C-]#[N+]c1c(C2CC2)cc(C(=O)O)c(=O)n1-c1ccc(F)cc1. The summed E-state index contributed by atoms with van der Waals surface area (Å²) in [5, 5.41) is 9.22. The molecule has 1 N–H and O–H groups in total. The van der Waals surface area contributed by atoms with Crippen molar-refractivity contribution in [3.63, 3.8) is 0 Å². The maximum absolute atomic E-state index is 13.1. The first-order valence-corrected chi connectivity index (χ1v) is 6.69. The lowest BCUT2D eigenvalue weighted by molar-refractivity contribution is 0.0694. The van der Waals surface area contributed by atoms with Gasteiger partial charge < -0.3 is 9.95 Å².